The Kier molecular flexibility index (Phi) is 8.55. The molecule has 0 unspecified atom stereocenters. The van der Waals surface area contributed by atoms with E-state index in [9.17, 15) is 9.36 Å². The molecule has 0 bridgehead atoms. The first-order valence-electron chi connectivity index (χ1n) is 6.97. The Hall–Kier alpha value is -0.380. The van der Waals surface area contributed by atoms with Crippen LogP contribution in [0.15, 0.2) is 0 Å². The largest absolute Gasteiger partial charge is 0.343 e. The van der Waals surface area contributed by atoms with Crippen LogP contribution in [0, 0.1) is 0 Å². The molecule has 0 aliphatic heterocycles. The van der Waals surface area contributed by atoms with Crippen molar-refractivity contribution < 1.29 is 18.4 Å². The van der Waals surface area contributed by atoms with Crippen molar-refractivity contribution in [3.8, 4) is 0 Å². The van der Waals surface area contributed by atoms with Gasteiger partial charge in [-0.1, -0.05) is 0 Å². The van der Waals surface area contributed by atoms with Crippen LogP contribution in [-0.2, 0) is 18.4 Å². The molecule has 114 valence electrons. The van der Waals surface area contributed by atoms with Gasteiger partial charge in [-0.2, -0.15) is 0 Å². The Morgan fingerprint density at radius 1 is 1.05 bits per heavy atom. The lowest BCUT2D eigenvalue weighted by Crippen LogP contribution is -2.31. The van der Waals surface area contributed by atoms with Gasteiger partial charge in [0.05, 0.1) is 18.4 Å². The van der Waals surface area contributed by atoms with Gasteiger partial charge in [0, 0.05) is 19.5 Å². The van der Waals surface area contributed by atoms with Crippen molar-refractivity contribution in [1.29, 1.82) is 0 Å². The molecule has 1 amide bonds. The van der Waals surface area contributed by atoms with E-state index in [0.717, 1.165) is 0 Å². The summed E-state index contributed by atoms with van der Waals surface area (Å²) in [7, 11) is -3.19. The summed E-state index contributed by atoms with van der Waals surface area (Å²) in [6.45, 7) is 12.4. The third-order valence-corrected chi connectivity index (χ3v) is 4.72. The van der Waals surface area contributed by atoms with Crippen molar-refractivity contribution in [3.63, 3.8) is 0 Å². The minimum Gasteiger partial charge on any atom is -0.343 e. The molecule has 0 aliphatic carbocycles. The van der Waals surface area contributed by atoms with Gasteiger partial charge in [0.2, 0.25) is 5.91 Å². The van der Waals surface area contributed by atoms with Gasteiger partial charge in [0.25, 0.3) is 0 Å². The number of hydrogen-bond acceptors (Lipinski definition) is 4. The number of carbonyl (C=O) groups excluding carboxylic acids is 1. The van der Waals surface area contributed by atoms with E-state index in [1.807, 2.05) is 41.5 Å². The number of hydrogen-bond donors (Lipinski definition) is 0. The summed E-state index contributed by atoms with van der Waals surface area (Å²) < 4.78 is 23.3. The van der Waals surface area contributed by atoms with E-state index < -0.39 is 7.60 Å². The highest BCUT2D eigenvalue weighted by Gasteiger charge is 2.29. The lowest BCUT2D eigenvalue weighted by atomic mass is 10.4. The third kappa shape index (κ3) is 7.71. The van der Waals surface area contributed by atoms with Crippen molar-refractivity contribution in [2.45, 2.75) is 60.2 Å². The smallest absolute Gasteiger partial charge is 0.331 e. The van der Waals surface area contributed by atoms with Gasteiger partial charge >= 0.3 is 7.60 Å². The Balaban J connectivity index is 4.58. The first kappa shape index (κ1) is 18.6. The SMILES string of the molecule is CCN(CC)C(=O)CCP(=O)(OC(C)C)OC(C)C. The van der Waals surface area contributed by atoms with Crippen LogP contribution in [0.1, 0.15) is 48.0 Å². The molecule has 0 saturated carbocycles. The van der Waals surface area contributed by atoms with Crippen molar-refractivity contribution in [2.75, 3.05) is 19.3 Å². The molecule has 0 radical (unpaired) electrons. The fourth-order valence-electron chi connectivity index (χ4n) is 1.74. The van der Waals surface area contributed by atoms with Crippen LogP contribution < -0.4 is 0 Å². The Morgan fingerprint density at radius 2 is 1.47 bits per heavy atom. The maximum atomic E-state index is 12.5. The Morgan fingerprint density at radius 3 is 1.79 bits per heavy atom. The van der Waals surface area contributed by atoms with Crippen molar-refractivity contribution in [1.82, 2.24) is 4.90 Å². The summed E-state index contributed by atoms with van der Waals surface area (Å²) in [5.74, 6) is -0.00932. The zero-order valence-electron chi connectivity index (χ0n) is 13.0. The second-order valence-electron chi connectivity index (χ2n) is 4.96. The third-order valence-electron chi connectivity index (χ3n) is 2.46. The standard InChI is InChI=1S/C13H28NO4P/c1-7-14(8-2)13(15)9-10-19(16,17-11(3)4)18-12(5)6/h11-12H,7-10H2,1-6H3. The first-order valence-corrected chi connectivity index (χ1v) is 8.70. The quantitative estimate of drug-likeness (QED) is 0.612. The predicted octanol–water partition coefficient (Wildman–Crippen LogP) is 3.29. The summed E-state index contributed by atoms with van der Waals surface area (Å²) in [5, 5.41) is 0. The fourth-order valence-corrected chi connectivity index (χ4v) is 3.75. The average Bonchev–Trinajstić information content (AvgIpc) is 2.26. The molecule has 0 aromatic heterocycles. The topological polar surface area (TPSA) is 55.8 Å². The highest BCUT2D eigenvalue weighted by molar-refractivity contribution is 7.53. The lowest BCUT2D eigenvalue weighted by Gasteiger charge is -2.24. The van der Waals surface area contributed by atoms with Crippen LogP contribution in [-0.4, -0.2) is 42.3 Å². The average molecular weight is 293 g/mol. The Labute approximate surface area is 117 Å². The summed E-state index contributed by atoms with van der Waals surface area (Å²) in [4.78, 5) is 13.6. The van der Waals surface area contributed by atoms with Crippen molar-refractivity contribution in [3.05, 3.63) is 0 Å². The van der Waals surface area contributed by atoms with E-state index in [1.54, 1.807) is 4.90 Å². The molecule has 0 saturated heterocycles. The van der Waals surface area contributed by atoms with Crippen LogP contribution in [0.5, 0.6) is 0 Å². The molecular weight excluding hydrogens is 265 g/mol. The maximum absolute atomic E-state index is 12.5. The van der Waals surface area contributed by atoms with E-state index in [4.69, 9.17) is 9.05 Å². The zero-order valence-corrected chi connectivity index (χ0v) is 13.9. The number of carbonyl (C=O) groups is 1. The second kappa shape index (κ2) is 8.72. The predicted molar refractivity (Wildman–Crippen MR) is 77.5 cm³/mol. The van der Waals surface area contributed by atoms with Gasteiger partial charge in [-0.15, -0.1) is 0 Å². The van der Waals surface area contributed by atoms with Gasteiger partial charge < -0.3 is 13.9 Å². The molecule has 0 rings (SSSR count). The minimum absolute atomic E-state index is 0.00932. The second-order valence-corrected chi connectivity index (χ2v) is 7.05. The van der Waals surface area contributed by atoms with Crippen molar-refractivity contribution in [2.24, 2.45) is 0 Å². The van der Waals surface area contributed by atoms with E-state index in [0.29, 0.717) is 13.1 Å². The molecule has 0 spiro atoms. The molecule has 0 fully saturated rings. The fraction of sp³-hybridized carbons (Fsp3) is 0.923. The van der Waals surface area contributed by atoms with Gasteiger partial charge in [-0.3, -0.25) is 9.36 Å². The molecule has 0 aromatic carbocycles. The van der Waals surface area contributed by atoms with Crippen LogP contribution in [0.2, 0.25) is 0 Å². The maximum Gasteiger partial charge on any atom is 0.331 e. The molecule has 6 heteroatoms. The lowest BCUT2D eigenvalue weighted by molar-refractivity contribution is -0.130. The van der Waals surface area contributed by atoms with Crippen LogP contribution in [0.3, 0.4) is 0 Å². The highest BCUT2D eigenvalue weighted by Crippen LogP contribution is 2.50. The number of amides is 1. The zero-order chi connectivity index (χ0) is 15.1. The molecular formula is C13H28NO4P. The van der Waals surface area contributed by atoms with Gasteiger partial charge in [-0.05, 0) is 41.5 Å². The van der Waals surface area contributed by atoms with Gasteiger partial charge in [-0.25, -0.2) is 0 Å². The van der Waals surface area contributed by atoms with E-state index >= 15 is 0 Å². The molecule has 19 heavy (non-hydrogen) atoms. The normalized spacial score (nSPS) is 12.2. The number of nitrogens with zero attached hydrogens (tertiary/aromatic N) is 1. The highest BCUT2D eigenvalue weighted by atomic mass is 31.2. The molecule has 0 heterocycles. The molecule has 5 nitrogen and oxygen atoms in total. The van der Waals surface area contributed by atoms with E-state index in [2.05, 4.69) is 0 Å². The molecule has 0 aromatic rings. The van der Waals surface area contributed by atoms with Crippen LogP contribution in [0.25, 0.3) is 0 Å². The first-order chi connectivity index (χ1) is 8.74. The Bertz CT molecular complexity index is 300. The summed E-state index contributed by atoms with van der Waals surface area (Å²) in [6, 6.07) is 0. The van der Waals surface area contributed by atoms with E-state index in [-0.39, 0.29) is 30.7 Å². The number of rotatable bonds is 9. The molecule has 0 aliphatic rings. The van der Waals surface area contributed by atoms with Crippen LogP contribution >= 0.6 is 7.60 Å². The molecule has 0 N–H and O–H groups in total. The van der Waals surface area contributed by atoms with Gasteiger partial charge in [0.15, 0.2) is 0 Å². The summed E-state index contributed by atoms with van der Waals surface area (Å²) in [5.41, 5.74) is 0. The minimum atomic E-state index is -3.19. The van der Waals surface area contributed by atoms with Crippen molar-refractivity contribution >= 4 is 13.5 Å². The monoisotopic (exact) mass is 293 g/mol. The van der Waals surface area contributed by atoms with Gasteiger partial charge in [0.1, 0.15) is 0 Å². The van der Waals surface area contributed by atoms with E-state index in [1.165, 1.54) is 0 Å². The summed E-state index contributed by atoms with van der Waals surface area (Å²) in [6.07, 6.45) is -0.0434. The summed E-state index contributed by atoms with van der Waals surface area (Å²) >= 11 is 0. The van der Waals surface area contributed by atoms with Crippen LogP contribution in [0.4, 0.5) is 0 Å². The molecule has 0 atom stereocenters.